The Balaban J connectivity index is 2.18. The van der Waals surface area contributed by atoms with E-state index in [2.05, 4.69) is 19.3 Å². The lowest BCUT2D eigenvalue weighted by molar-refractivity contribution is -0.0230. The van der Waals surface area contributed by atoms with Crippen LogP contribution < -0.4 is 11.2 Å². The maximum Gasteiger partial charge on any atom is 0.331 e. The van der Waals surface area contributed by atoms with Crippen molar-refractivity contribution in [2.75, 3.05) is 13.3 Å². The van der Waals surface area contributed by atoms with Crippen molar-refractivity contribution < 1.29 is 27.6 Å². The quantitative estimate of drug-likeness (QED) is 0.208. The van der Waals surface area contributed by atoms with Crippen molar-refractivity contribution in [3.05, 3.63) is 43.0 Å². The molecule has 2 N–H and O–H groups in total. The summed E-state index contributed by atoms with van der Waals surface area (Å²) >= 11 is 0. The Morgan fingerprint density at radius 1 is 1.56 bits per heavy atom. The van der Waals surface area contributed by atoms with Crippen LogP contribution in [0.3, 0.4) is 0 Å². The molecule has 13 nitrogen and oxygen atoms in total. The minimum Gasteiger partial charge on any atom is -0.352 e. The highest BCUT2D eigenvalue weighted by Crippen LogP contribution is 2.57. The van der Waals surface area contributed by atoms with Gasteiger partial charge in [-0.2, -0.15) is 0 Å². The second kappa shape index (κ2) is 8.16. The molecule has 0 saturated carbocycles. The van der Waals surface area contributed by atoms with Crippen molar-refractivity contribution in [2.45, 2.75) is 31.7 Å². The van der Waals surface area contributed by atoms with E-state index in [1.165, 1.54) is 13.1 Å². The van der Waals surface area contributed by atoms with E-state index in [0.29, 0.717) is 0 Å². The van der Waals surface area contributed by atoms with Gasteiger partial charge in [-0.15, -0.1) is 0 Å². The highest BCUT2D eigenvalue weighted by atomic mass is 31.3. The Morgan fingerprint density at radius 3 is 2.81 bits per heavy atom. The molecule has 5 atom stereocenters. The van der Waals surface area contributed by atoms with Crippen molar-refractivity contribution in [1.82, 2.24) is 9.55 Å². The van der Waals surface area contributed by atoms with Gasteiger partial charge in [-0.3, -0.25) is 23.5 Å². The molecular weight excluding hydrogens is 403 g/mol. The molecule has 148 valence electrons. The minimum atomic E-state index is -4.04. The lowest BCUT2D eigenvalue weighted by atomic mass is 10.1. The van der Waals surface area contributed by atoms with E-state index < -0.39 is 44.7 Å². The Morgan fingerprint density at radius 2 is 2.22 bits per heavy atom. The monoisotopic (exact) mass is 421 g/mol. The number of H-pyrrole nitrogens is 1. The molecule has 2 heterocycles. The van der Waals surface area contributed by atoms with Gasteiger partial charge in [0, 0.05) is 29.8 Å². The van der Waals surface area contributed by atoms with Crippen LogP contribution in [0.2, 0.25) is 0 Å². The molecule has 0 radical (unpaired) electrons. The SMILES string of the molecule is BP(=O)(OC[C@H]1O[C@@H](n2cc(C)c(=O)[nH]c2=O)C[C@H]1N=[N+]=[N-])OP(C)(=O)O. The fraction of sp³-hybridized carbons (Fsp3) is 0.636. The van der Waals surface area contributed by atoms with Gasteiger partial charge in [0.15, 0.2) is 0 Å². The lowest BCUT2D eigenvalue weighted by Crippen LogP contribution is -2.33. The van der Waals surface area contributed by atoms with Crippen molar-refractivity contribution in [3.63, 3.8) is 0 Å². The summed E-state index contributed by atoms with van der Waals surface area (Å²) in [5, 5.41) is 3.58. The molecule has 0 spiro atoms. The number of aromatic amines is 1. The lowest BCUT2D eigenvalue weighted by Gasteiger charge is -2.20. The second-order valence-electron chi connectivity index (χ2n) is 6.07. The van der Waals surface area contributed by atoms with Gasteiger partial charge in [0.2, 0.25) is 0 Å². The predicted octanol–water partition coefficient (Wildman–Crippen LogP) is 0.401. The zero-order valence-corrected chi connectivity index (χ0v) is 16.5. The van der Waals surface area contributed by atoms with Crippen LogP contribution in [0.4, 0.5) is 0 Å². The molecule has 1 saturated heterocycles. The first-order valence-corrected chi connectivity index (χ1v) is 11.7. The van der Waals surface area contributed by atoms with E-state index in [1.807, 2.05) is 0 Å². The number of hydrogen-bond acceptors (Lipinski definition) is 8. The number of ether oxygens (including phenoxy) is 1. The van der Waals surface area contributed by atoms with E-state index in [9.17, 15) is 18.7 Å². The minimum absolute atomic E-state index is 0.102. The van der Waals surface area contributed by atoms with Crippen LogP contribution in [0.1, 0.15) is 18.2 Å². The Kier molecular flexibility index (Phi) is 6.54. The van der Waals surface area contributed by atoms with Crippen LogP contribution in [0.25, 0.3) is 10.4 Å². The highest BCUT2D eigenvalue weighted by molar-refractivity contribution is 7.84. The molecule has 0 amide bonds. The van der Waals surface area contributed by atoms with Gasteiger partial charge in [0.05, 0.1) is 18.8 Å². The Bertz CT molecular complexity index is 966. The van der Waals surface area contributed by atoms with Crippen molar-refractivity contribution in [2.24, 2.45) is 5.11 Å². The molecular formula is C11H18BN5O8P2. The van der Waals surface area contributed by atoms with E-state index in [4.69, 9.17) is 19.7 Å². The van der Waals surface area contributed by atoms with E-state index in [-0.39, 0.29) is 18.6 Å². The number of nitrogens with one attached hydrogen (secondary N) is 1. The second-order valence-corrected chi connectivity index (χ2v) is 10.1. The number of aromatic nitrogens is 2. The van der Waals surface area contributed by atoms with Gasteiger partial charge in [-0.25, -0.2) is 9.11 Å². The zero-order valence-electron chi connectivity index (χ0n) is 14.7. The average Bonchev–Trinajstić information content (AvgIpc) is 2.90. The van der Waals surface area contributed by atoms with Crippen LogP contribution in [-0.2, 0) is 22.7 Å². The molecule has 0 aliphatic carbocycles. The third-order valence-electron chi connectivity index (χ3n) is 3.63. The van der Waals surface area contributed by atoms with Crippen LogP contribution in [-0.4, -0.2) is 47.4 Å². The summed E-state index contributed by atoms with van der Waals surface area (Å²) in [6.07, 6.45) is -0.332. The number of rotatable bonds is 7. The summed E-state index contributed by atoms with van der Waals surface area (Å²) in [4.78, 5) is 37.5. The van der Waals surface area contributed by atoms with Crippen LogP contribution in [0.15, 0.2) is 20.9 Å². The van der Waals surface area contributed by atoms with Gasteiger partial charge in [-0.1, -0.05) is 5.11 Å². The molecule has 16 heteroatoms. The summed E-state index contributed by atoms with van der Waals surface area (Å²) in [5.74, 6) is 0. The van der Waals surface area contributed by atoms with Gasteiger partial charge in [0.1, 0.15) is 6.23 Å². The number of aryl methyl sites for hydroxylation is 1. The fourth-order valence-corrected chi connectivity index (χ4v) is 5.34. The van der Waals surface area contributed by atoms with Gasteiger partial charge in [-0.05, 0) is 12.5 Å². The smallest absolute Gasteiger partial charge is 0.331 e. The maximum absolute atomic E-state index is 12.1. The van der Waals surface area contributed by atoms with E-state index in [0.717, 1.165) is 18.8 Å². The molecule has 1 fully saturated rings. The third-order valence-corrected chi connectivity index (χ3v) is 6.65. The van der Waals surface area contributed by atoms with Gasteiger partial charge < -0.3 is 14.2 Å². The number of nitrogens with zero attached hydrogens (tertiary/aromatic N) is 4. The molecule has 2 unspecified atom stereocenters. The molecule has 0 bridgehead atoms. The topological polar surface area (TPSA) is 186 Å². The van der Waals surface area contributed by atoms with E-state index >= 15 is 0 Å². The Labute approximate surface area is 153 Å². The summed E-state index contributed by atoms with van der Waals surface area (Å²) < 4.78 is 39.8. The van der Waals surface area contributed by atoms with E-state index in [1.54, 1.807) is 0 Å². The van der Waals surface area contributed by atoms with Gasteiger partial charge in [0.25, 0.3) is 20.6 Å². The largest absolute Gasteiger partial charge is 0.352 e. The normalized spacial score (nSPS) is 26.7. The highest BCUT2D eigenvalue weighted by Gasteiger charge is 2.38. The number of hydrogen-bond donors (Lipinski definition) is 2. The fourth-order valence-electron chi connectivity index (χ4n) is 2.53. The van der Waals surface area contributed by atoms with Crippen molar-refractivity contribution in [1.29, 1.82) is 0 Å². The third kappa shape index (κ3) is 5.92. The number of azide groups is 1. The predicted molar refractivity (Wildman–Crippen MR) is 96.5 cm³/mol. The van der Waals surface area contributed by atoms with Crippen LogP contribution in [0, 0.1) is 6.92 Å². The van der Waals surface area contributed by atoms with Crippen LogP contribution >= 0.6 is 15.1 Å². The first-order valence-electron chi connectivity index (χ1n) is 7.67. The summed E-state index contributed by atoms with van der Waals surface area (Å²) in [6.45, 7) is 2.01. The van der Waals surface area contributed by atoms with Crippen LogP contribution in [0.5, 0.6) is 0 Å². The molecule has 1 aliphatic rings. The molecule has 1 aromatic rings. The molecule has 2 rings (SSSR count). The standard InChI is InChI=1S/C11H18BN5O8P2/c1-6-4-17(11(19)14-10(6)18)9-3-7(15-16-13)8(24-9)5-23-27(12,22)25-26(2,20)21/h4,7-9H,3,5,12H2,1-2H3,(H,20,21)(H,14,18,19)/t7-,8-,9-,27?/m1/s1. The zero-order chi connectivity index (χ0) is 20.4. The maximum atomic E-state index is 12.1. The molecule has 27 heavy (non-hydrogen) atoms. The molecule has 1 aromatic heterocycles. The Hall–Kier alpha value is -1.65. The summed E-state index contributed by atoms with van der Waals surface area (Å²) in [6, 6.07) is -0.762. The summed E-state index contributed by atoms with van der Waals surface area (Å²) in [5.41, 5.74) is 7.77. The molecule has 0 aromatic carbocycles. The summed E-state index contributed by atoms with van der Waals surface area (Å²) in [7, 11) is -6.90. The van der Waals surface area contributed by atoms with Crippen molar-refractivity contribution >= 4 is 22.6 Å². The first kappa shape index (κ1) is 21.7. The first-order chi connectivity index (χ1) is 12.4. The van der Waals surface area contributed by atoms with Crippen molar-refractivity contribution in [3.8, 4) is 0 Å². The van der Waals surface area contributed by atoms with Gasteiger partial charge >= 0.3 is 13.3 Å². The molecule has 1 aliphatic heterocycles. The average molecular weight is 421 g/mol.